The van der Waals surface area contributed by atoms with Crippen LogP contribution in [0, 0.1) is 13.8 Å². The third kappa shape index (κ3) is 4.78. The van der Waals surface area contributed by atoms with Crippen LogP contribution in [0.2, 0.25) is 0 Å². The van der Waals surface area contributed by atoms with Gasteiger partial charge in [-0.05, 0) is 65.0 Å². The summed E-state index contributed by atoms with van der Waals surface area (Å²) in [4.78, 5) is 2.46. The van der Waals surface area contributed by atoms with Crippen molar-refractivity contribution in [2.75, 3.05) is 32.7 Å². The van der Waals surface area contributed by atoms with Crippen LogP contribution in [0.3, 0.4) is 0 Å². The van der Waals surface area contributed by atoms with Crippen LogP contribution in [0.1, 0.15) is 37.2 Å². The van der Waals surface area contributed by atoms with Crippen molar-refractivity contribution >= 4 is 0 Å². The van der Waals surface area contributed by atoms with E-state index in [1.165, 1.54) is 24.2 Å². The molecule has 1 aromatic heterocycles. The van der Waals surface area contributed by atoms with Gasteiger partial charge in [0.15, 0.2) is 0 Å². The number of H-pyrrole nitrogens is 1. The van der Waals surface area contributed by atoms with E-state index in [1.807, 2.05) is 0 Å². The largest absolute Gasteiger partial charge is 0.316 e. The molecule has 104 valence electrons. The zero-order valence-electron chi connectivity index (χ0n) is 12.3. The Morgan fingerprint density at radius 2 is 1.89 bits per heavy atom. The van der Waals surface area contributed by atoms with E-state index in [1.54, 1.807) is 0 Å². The number of rotatable bonds is 9. The minimum absolute atomic E-state index is 1.04. The molecular weight excluding hydrogens is 224 g/mol. The molecule has 0 atom stereocenters. The van der Waals surface area contributed by atoms with E-state index in [2.05, 4.69) is 48.1 Å². The highest BCUT2D eigenvalue weighted by Crippen LogP contribution is 2.08. The van der Waals surface area contributed by atoms with Crippen molar-refractivity contribution in [2.24, 2.45) is 0 Å². The first-order valence-corrected chi connectivity index (χ1v) is 7.12. The lowest BCUT2D eigenvalue weighted by molar-refractivity contribution is 0.298. The van der Waals surface area contributed by atoms with Crippen molar-refractivity contribution in [3.63, 3.8) is 0 Å². The topological polar surface area (TPSA) is 44.0 Å². The van der Waals surface area contributed by atoms with Crippen molar-refractivity contribution in [1.29, 1.82) is 0 Å². The van der Waals surface area contributed by atoms with E-state index in [4.69, 9.17) is 0 Å². The average molecular weight is 252 g/mol. The fourth-order valence-electron chi connectivity index (χ4n) is 2.25. The second-order valence-electron chi connectivity index (χ2n) is 4.79. The minimum atomic E-state index is 1.04. The highest BCUT2D eigenvalue weighted by atomic mass is 15.1. The Morgan fingerprint density at radius 3 is 2.44 bits per heavy atom. The third-order valence-electron chi connectivity index (χ3n) is 3.55. The summed E-state index contributed by atoms with van der Waals surface area (Å²) < 4.78 is 0. The maximum atomic E-state index is 4.22. The molecule has 4 heteroatoms. The van der Waals surface area contributed by atoms with Gasteiger partial charge in [0.1, 0.15) is 0 Å². The molecule has 0 spiro atoms. The first kappa shape index (κ1) is 15.2. The van der Waals surface area contributed by atoms with Gasteiger partial charge < -0.3 is 10.2 Å². The molecule has 18 heavy (non-hydrogen) atoms. The van der Waals surface area contributed by atoms with Crippen LogP contribution >= 0.6 is 0 Å². The quantitative estimate of drug-likeness (QED) is 0.660. The number of nitrogens with one attached hydrogen (secondary N) is 2. The summed E-state index contributed by atoms with van der Waals surface area (Å²) in [6.45, 7) is 14.3. The number of aromatic nitrogens is 2. The second kappa shape index (κ2) is 8.27. The van der Waals surface area contributed by atoms with E-state index in [9.17, 15) is 0 Å². The fraction of sp³-hybridized carbons (Fsp3) is 0.786. The fourth-order valence-corrected chi connectivity index (χ4v) is 2.25. The first-order valence-electron chi connectivity index (χ1n) is 7.12. The molecule has 0 fully saturated rings. The number of aromatic amines is 1. The molecule has 0 saturated heterocycles. The van der Waals surface area contributed by atoms with E-state index < -0.39 is 0 Å². The zero-order valence-corrected chi connectivity index (χ0v) is 12.3. The van der Waals surface area contributed by atoms with E-state index in [0.29, 0.717) is 0 Å². The Balaban J connectivity index is 2.09. The molecule has 4 nitrogen and oxygen atoms in total. The predicted octanol–water partition coefficient (Wildman–Crippen LogP) is 1.89. The van der Waals surface area contributed by atoms with Crippen molar-refractivity contribution in [3.05, 3.63) is 17.0 Å². The van der Waals surface area contributed by atoms with Gasteiger partial charge in [0, 0.05) is 5.69 Å². The van der Waals surface area contributed by atoms with Crippen LogP contribution in [-0.2, 0) is 6.42 Å². The van der Waals surface area contributed by atoms with Crippen molar-refractivity contribution < 1.29 is 0 Å². The first-order chi connectivity index (χ1) is 8.69. The van der Waals surface area contributed by atoms with E-state index >= 15 is 0 Å². The molecule has 0 radical (unpaired) electrons. The lowest BCUT2D eigenvalue weighted by atomic mass is 10.1. The van der Waals surface area contributed by atoms with Gasteiger partial charge in [-0.15, -0.1) is 0 Å². The Kier molecular flexibility index (Phi) is 6.98. The van der Waals surface area contributed by atoms with Crippen LogP contribution in [0.4, 0.5) is 0 Å². The molecule has 0 aliphatic heterocycles. The maximum Gasteiger partial charge on any atom is 0.0626 e. The SMILES string of the molecule is CCN(CC)CCCNCCc1c(C)n[nH]c1C. The van der Waals surface area contributed by atoms with Gasteiger partial charge in [0.05, 0.1) is 5.69 Å². The lowest BCUT2D eigenvalue weighted by Crippen LogP contribution is -2.27. The number of hydrogen-bond donors (Lipinski definition) is 2. The monoisotopic (exact) mass is 252 g/mol. The highest BCUT2D eigenvalue weighted by Gasteiger charge is 2.05. The molecule has 0 aliphatic carbocycles. The molecule has 1 heterocycles. The average Bonchev–Trinajstić information content (AvgIpc) is 2.69. The number of nitrogens with zero attached hydrogens (tertiary/aromatic N) is 2. The Morgan fingerprint density at radius 1 is 1.17 bits per heavy atom. The van der Waals surface area contributed by atoms with Crippen LogP contribution in [0.5, 0.6) is 0 Å². The normalized spacial score (nSPS) is 11.4. The standard InChI is InChI=1S/C14H28N4/c1-5-18(6-2)11-7-9-15-10-8-14-12(3)16-17-13(14)4/h15H,5-11H2,1-4H3,(H,16,17). The summed E-state index contributed by atoms with van der Waals surface area (Å²) in [5.41, 5.74) is 3.71. The molecule has 2 N–H and O–H groups in total. The van der Waals surface area contributed by atoms with Crippen molar-refractivity contribution in [3.8, 4) is 0 Å². The Labute approximate surface area is 111 Å². The molecule has 0 aliphatic rings. The van der Waals surface area contributed by atoms with Crippen LogP contribution in [0.15, 0.2) is 0 Å². The summed E-state index contributed by atoms with van der Waals surface area (Å²) in [5, 5.41) is 10.8. The molecule has 1 aromatic rings. The zero-order chi connectivity index (χ0) is 13.4. The van der Waals surface area contributed by atoms with Crippen LogP contribution < -0.4 is 5.32 Å². The lowest BCUT2D eigenvalue weighted by Gasteiger charge is -2.17. The third-order valence-corrected chi connectivity index (χ3v) is 3.55. The van der Waals surface area contributed by atoms with Gasteiger partial charge in [0.25, 0.3) is 0 Å². The van der Waals surface area contributed by atoms with Gasteiger partial charge in [-0.2, -0.15) is 5.10 Å². The number of aryl methyl sites for hydroxylation is 2. The summed E-state index contributed by atoms with van der Waals surface area (Å²) in [6.07, 6.45) is 2.30. The molecule has 0 aromatic carbocycles. The Bertz CT molecular complexity index is 309. The Hall–Kier alpha value is -0.870. The summed E-state index contributed by atoms with van der Waals surface area (Å²) >= 11 is 0. The van der Waals surface area contributed by atoms with Gasteiger partial charge >= 0.3 is 0 Å². The van der Waals surface area contributed by atoms with Gasteiger partial charge in [-0.3, -0.25) is 5.10 Å². The molecule has 0 amide bonds. The summed E-state index contributed by atoms with van der Waals surface area (Å²) in [6, 6.07) is 0. The predicted molar refractivity (Wildman–Crippen MR) is 77.0 cm³/mol. The minimum Gasteiger partial charge on any atom is -0.316 e. The summed E-state index contributed by atoms with van der Waals surface area (Å²) in [5.74, 6) is 0. The van der Waals surface area contributed by atoms with E-state index in [0.717, 1.165) is 38.3 Å². The van der Waals surface area contributed by atoms with Gasteiger partial charge in [-0.1, -0.05) is 13.8 Å². The van der Waals surface area contributed by atoms with Gasteiger partial charge in [0.2, 0.25) is 0 Å². The smallest absolute Gasteiger partial charge is 0.0626 e. The second-order valence-corrected chi connectivity index (χ2v) is 4.79. The molecule has 0 bridgehead atoms. The van der Waals surface area contributed by atoms with E-state index in [-0.39, 0.29) is 0 Å². The highest BCUT2D eigenvalue weighted by molar-refractivity contribution is 5.23. The summed E-state index contributed by atoms with van der Waals surface area (Å²) in [7, 11) is 0. The molecule has 0 saturated carbocycles. The van der Waals surface area contributed by atoms with Gasteiger partial charge in [-0.25, -0.2) is 0 Å². The maximum absolute atomic E-state index is 4.22. The molecule has 0 unspecified atom stereocenters. The van der Waals surface area contributed by atoms with Crippen LogP contribution in [-0.4, -0.2) is 47.8 Å². The number of hydrogen-bond acceptors (Lipinski definition) is 3. The molecule has 1 rings (SSSR count). The van der Waals surface area contributed by atoms with Crippen molar-refractivity contribution in [2.45, 2.75) is 40.5 Å². The van der Waals surface area contributed by atoms with Crippen LogP contribution in [0.25, 0.3) is 0 Å². The van der Waals surface area contributed by atoms with Crippen molar-refractivity contribution in [1.82, 2.24) is 20.4 Å². The molecular formula is C14H28N4.